The van der Waals surface area contributed by atoms with E-state index in [2.05, 4.69) is 200 Å². The predicted octanol–water partition coefficient (Wildman–Crippen LogP) is 14.2. The SMILES string of the molecule is c1ccc(-n2c3ccccc3c3c4c5ccc6c7ccccc7n(-c7ccccc7)c6c5n5c6cc7c(cc6c(cc32)c45)c2cccc3c4ccccc4n7c32)cc1. The highest BCUT2D eigenvalue weighted by molar-refractivity contribution is 6.39. The molecule has 0 saturated carbocycles. The van der Waals surface area contributed by atoms with Crippen LogP contribution in [0, 0.1) is 0 Å². The van der Waals surface area contributed by atoms with Crippen molar-refractivity contribution < 1.29 is 0 Å². The van der Waals surface area contributed by atoms with Gasteiger partial charge in [0.1, 0.15) is 0 Å². The van der Waals surface area contributed by atoms with Gasteiger partial charge in [0.15, 0.2) is 0 Å². The Hall–Kier alpha value is -7.82. The van der Waals surface area contributed by atoms with Gasteiger partial charge in [0.2, 0.25) is 0 Å². The molecular weight excluding hydrogens is 705 g/mol. The Balaban J connectivity index is 1.26. The quantitative estimate of drug-likeness (QED) is 0.168. The topological polar surface area (TPSA) is 18.7 Å². The third-order valence-electron chi connectivity index (χ3n) is 13.4. The van der Waals surface area contributed by atoms with Gasteiger partial charge in [0, 0.05) is 76.0 Å². The van der Waals surface area contributed by atoms with Gasteiger partial charge in [-0.25, -0.2) is 0 Å². The fourth-order valence-corrected chi connectivity index (χ4v) is 11.2. The first-order valence-electron chi connectivity index (χ1n) is 20.1. The molecule has 0 aliphatic rings. The van der Waals surface area contributed by atoms with Gasteiger partial charge in [0.25, 0.3) is 0 Å². The van der Waals surface area contributed by atoms with Crippen LogP contribution in [0.5, 0.6) is 0 Å². The summed E-state index contributed by atoms with van der Waals surface area (Å²) in [5.41, 5.74) is 14.8. The lowest BCUT2D eigenvalue weighted by atomic mass is 10.0. The van der Waals surface area contributed by atoms with Crippen molar-refractivity contribution >= 4 is 120 Å². The number of para-hydroxylation sites is 6. The second kappa shape index (κ2) is 10.1. The summed E-state index contributed by atoms with van der Waals surface area (Å²) >= 11 is 0. The Morgan fingerprint density at radius 1 is 0.224 bits per heavy atom. The van der Waals surface area contributed by atoms with E-state index in [4.69, 9.17) is 0 Å². The number of benzene rings is 9. The summed E-state index contributed by atoms with van der Waals surface area (Å²) in [4.78, 5) is 0. The molecule has 15 rings (SSSR count). The summed E-state index contributed by atoms with van der Waals surface area (Å²) < 4.78 is 10.1. The van der Waals surface area contributed by atoms with Gasteiger partial charge in [-0.15, -0.1) is 0 Å². The van der Waals surface area contributed by atoms with E-state index in [1.807, 2.05) is 0 Å². The molecule has 0 N–H and O–H groups in total. The maximum absolute atomic E-state index is 2.64. The van der Waals surface area contributed by atoms with E-state index in [9.17, 15) is 0 Å². The molecule has 58 heavy (non-hydrogen) atoms. The zero-order valence-electron chi connectivity index (χ0n) is 31.1. The van der Waals surface area contributed by atoms with Crippen LogP contribution in [0.1, 0.15) is 0 Å². The van der Waals surface area contributed by atoms with Gasteiger partial charge >= 0.3 is 0 Å². The molecule has 0 atom stereocenters. The van der Waals surface area contributed by atoms with Gasteiger partial charge in [-0.3, -0.25) is 0 Å². The third-order valence-corrected chi connectivity index (χ3v) is 13.4. The summed E-state index contributed by atoms with van der Waals surface area (Å²) in [7, 11) is 0. The Labute approximate surface area is 329 Å². The lowest BCUT2D eigenvalue weighted by molar-refractivity contribution is 1.18. The van der Waals surface area contributed by atoms with Gasteiger partial charge in [-0.2, -0.15) is 0 Å². The van der Waals surface area contributed by atoms with Crippen LogP contribution < -0.4 is 0 Å². The Morgan fingerprint density at radius 2 is 0.759 bits per heavy atom. The minimum Gasteiger partial charge on any atom is -0.309 e. The van der Waals surface area contributed by atoms with Crippen LogP contribution in [-0.4, -0.2) is 17.9 Å². The standard InChI is InChI=1S/C54H30N4/c1-3-14-31(15-4-1)55-45-25-12-9-20-38(45)49-48(55)29-42-41-28-40-36-22-13-21-35-33-18-8-11-24-44(33)57(51(35)36)46(40)30-47(41)58-52(42)50(49)39-27-26-37-34-19-7-10-23-43(34)56(53(37)54(39)58)32-16-5-2-6-17-32/h1-30H. The van der Waals surface area contributed by atoms with E-state index in [-0.39, 0.29) is 0 Å². The van der Waals surface area contributed by atoms with E-state index in [0.717, 1.165) is 5.69 Å². The molecule has 266 valence electrons. The van der Waals surface area contributed by atoms with Crippen LogP contribution in [0.2, 0.25) is 0 Å². The second-order valence-electron chi connectivity index (χ2n) is 16.1. The molecule has 4 heteroatoms. The summed E-state index contributed by atoms with van der Waals surface area (Å²) in [6.07, 6.45) is 0. The molecule has 0 unspecified atom stereocenters. The van der Waals surface area contributed by atoms with E-state index in [1.165, 1.54) is 125 Å². The van der Waals surface area contributed by atoms with Crippen molar-refractivity contribution in [1.29, 1.82) is 0 Å². The minimum atomic E-state index is 1.16. The van der Waals surface area contributed by atoms with E-state index in [0.29, 0.717) is 0 Å². The zero-order valence-corrected chi connectivity index (χ0v) is 31.1. The minimum absolute atomic E-state index is 1.16. The van der Waals surface area contributed by atoms with Crippen LogP contribution in [-0.2, 0) is 0 Å². The smallest absolute Gasteiger partial charge is 0.0789 e. The molecule has 6 heterocycles. The maximum Gasteiger partial charge on any atom is 0.0789 e. The van der Waals surface area contributed by atoms with Crippen molar-refractivity contribution in [3.63, 3.8) is 0 Å². The number of rotatable bonds is 2. The molecule has 6 aromatic heterocycles. The van der Waals surface area contributed by atoms with Crippen LogP contribution >= 0.6 is 0 Å². The molecule has 4 nitrogen and oxygen atoms in total. The lowest BCUT2D eigenvalue weighted by Gasteiger charge is -2.09. The van der Waals surface area contributed by atoms with E-state index >= 15 is 0 Å². The van der Waals surface area contributed by atoms with Crippen molar-refractivity contribution in [3.8, 4) is 11.4 Å². The highest BCUT2D eigenvalue weighted by Gasteiger charge is 2.28. The van der Waals surface area contributed by atoms with Crippen molar-refractivity contribution in [3.05, 3.63) is 182 Å². The molecule has 0 aliphatic carbocycles. The van der Waals surface area contributed by atoms with Crippen molar-refractivity contribution in [1.82, 2.24) is 17.9 Å². The molecule has 0 amide bonds. The zero-order chi connectivity index (χ0) is 37.4. The monoisotopic (exact) mass is 734 g/mol. The summed E-state index contributed by atoms with van der Waals surface area (Å²) in [6, 6.07) is 67.7. The molecule has 0 radical (unpaired) electrons. The molecule has 0 aliphatic heterocycles. The predicted molar refractivity (Wildman–Crippen MR) is 244 cm³/mol. The number of hydrogen-bond acceptors (Lipinski definition) is 0. The molecule has 0 bridgehead atoms. The van der Waals surface area contributed by atoms with Crippen LogP contribution in [0.15, 0.2) is 182 Å². The third kappa shape index (κ3) is 3.30. The summed E-state index contributed by atoms with van der Waals surface area (Å²) in [5.74, 6) is 0. The van der Waals surface area contributed by atoms with Crippen molar-refractivity contribution in [2.75, 3.05) is 0 Å². The fraction of sp³-hybridized carbons (Fsp3) is 0. The van der Waals surface area contributed by atoms with Gasteiger partial charge < -0.3 is 17.9 Å². The highest BCUT2D eigenvalue weighted by atomic mass is 15.0. The first-order chi connectivity index (χ1) is 28.8. The van der Waals surface area contributed by atoms with Crippen molar-refractivity contribution in [2.24, 2.45) is 0 Å². The average molecular weight is 735 g/mol. The number of fused-ring (bicyclic) bond motifs is 20. The van der Waals surface area contributed by atoms with E-state index in [1.54, 1.807) is 0 Å². The molecular formula is C54H30N4. The largest absolute Gasteiger partial charge is 0.309 e. The Morgan fingerprint density at radius 3 is 1.52 bits per heavy atom. The van der Waals surface area contributed by atoms with Gasteiger partial charge in [0.05, 0.1) is 55.2 Å². The normalized spacial score (nSPS) is 12.8. The van der Waals surface area contributed by atoms with Gasteiger partial charge in [-0.05, 0) is 60.7 Å². The maximum atomic E-state index is 2.64. The van der Waals surface area contributed by atoms with Crippen molar-refractivity contribution in [2.45, 2.75) is 0 Å². The lowest BCUT2D eigenvalue weighted by Crippen LogP contribution is -1.95. The number of nitrogens with zero attached hydrogens (tertiary/aromatic N) is 4. The number of hydrogen-bond donors (Lipinski definition) is 0. The van der Waals surface area contributed by atoms with Crippen LogP contribution in [0.4, 0.5) is 0 Å². The Kier molecular flexibility index (Phi) is 5.14. The molecule has 0 saturated heterocycles. The average Bonchev–Trinajstić information content (AvgIpc) is 4.11. The number of aromatic nitrogens is 4. The molecule has 9 aromatic carbocycles. The fourth-order valence-electron chi connectivity index (χ4n) is 11.2. The first-order valence-corrected chi connectivity index (χ1v) is 20.1. The van der Waals surface area contributed by atoms with E-state index < -0.39 is 0 Å². The Bertz CT molecular complexity index is 4230. The van der Waals surface area contributed by atoms with Crippen LogP contribution in [0.3, 0.4) is 0 Å². The summed E-state index contributed by atoms with van der Waals surface area (Å²) in [6.45, 7) is 0. The molecule has 0 fully saturated rings. The van der Waals surface area contributed by atoms with Crippen LogP contribution in [0.25, 0.3) is 131 Å². The second-order valence-corrected chi connectivity index (χ2v) is 16.1. The van der Waals surface area contributed by atoms with Gasteiger partial charge in [-0.1, -0.05) is 121 Å². The first kappa shape index (κ1) is 29.5. The molecule has 0 spiro atoms. The highest BCUT2D eigenvalue weighted by Crippen LogP contribution is 2.51. The molecule has 15 aromatic rings. The summed E-state index contributed by atoms with van der Waals surface area (Å²) in [5, 5.41) is 15.4.